The largest absolute Gasteiger partial charge is 0.480 e. The number of halogens is 1. The maximum absolute atomic E-state index is 12.9. The Morgan fingerprint density at radius 2 is 1.75 bits per heavy atom. The molecule has 0 saturated heterocycles. The first-order chi connectivity index (χ1) is 17.4. The predicted molar refractivity (Wildman–Crippen MR) is 154 cm³/mol. The first-order valence-corrected chi connectivity index (χ1v) is 13.5. The second-order valence-electron chi connectivity index (χ2n) is 8.47. The van der Waals surface area contributed by atoms with E-state index in [0.717, 1.165) is 15.7 Å². The van der Waals surface area contributed by atoms with Crippen molar-refractivity contribution in [2.24, 2.45) is 0 Å². The van der Waals surface area contributed by atoms with Crippen LogP contribution >= 0.6 is 15.9 Å². The number of aromatic nitrogens is 2. The number of aryl methyl sites for hydroxylation is 2. The van der Waals surface area contributed by atoms with Crippen LogP contribution in [0, 0.1) is 13.8 Å². The van der Waals surface area contributed by atoms with Crippen LogP contribution in [0.4, 0.5) is 17.3 Å². The van der Waals surface area contributed by atoms with Crippen molar-refractivity contribution < 1.29 is 9.53 Å². The molecule has 0 spiro atoms. The molecule has 0 atom stereocenters. The van der Waals surface area contributed by atoms with Crippen LogP contribution in [0.25, 0.3) is 0 Å². The number of para-hydroxylation sites is 1. The highest BCUT2D eigenvalue weighted by Crippen LogP contribution is 2.31. The van der Waals surface area contributed by atoms with E-state index in [1.54, 1.807) is 0 Å². The van der Waals surface area contributed by atoms with Crippen LogP contribution in [0.1, 0.15) is 86.3 Å². The summed E-state index contributed by atoms with van der Waals surface area (Å²) in [6.07, 6.45) is 6.24. The van der Waals surface area contributed by atoms with Gasteiger partial charge in [0.25, 0.3) is 5.91 Å². The quantitative estimate of drug-likeness (QED) is 0.262. The van der Waals surface area contributed by atoms with Crippen LogP contribution in [-0.2, 0) is 0 Å². The number of benzene rings is 2. The number of hydrogen-bond acceptors (Lipinski definition) is 5. The van der Waals surface area contributed by atoms with Crippen LogP contribution in [0.5, 0.6) is 5.88 Å². The molecule has 0 aliphatic heterocycles. The van der Waals surface area contributed by atoms with Crippen molar-refractivity contribution in [2.45, 2.75) is 73.1 Å². The number of anilines is 3. The Labute approximate surface area is 224 Å². The Hall–Kier alpha value is -2.93. The van der Waals surface area contributed by atoms with Crippen molar-refractivity contribution in [2.75, 3.05) is 17.7 Å². The lowest BCUT2D eigenvalue weighted by atomic mass is 9.87. The number of methoxy groups -OCH3 is 1. The summed E-state index contributed by atoms with van der Waals surface area (Å²) >= 11 is 3.48. The Balaban J connectivity index is 0.00000222. The summed E-state index contributed by atoms with van der Waals surface area (Å²) < 4.78 is 6.21. The van der Waals surface area contributed by atoms with E-state index in [4.69, 9.17) is 4.74 Å². The van der Waals surface area contributed by atoms with Gasteiger partial charge in [0.15, 0.2) is 0 Å². The van der Waals surface area contributed by atoms with E-state index in [1.807, 2.05) is 39.0 Å². The Morgan fingerprint density at radius 1 is 1.06 bits per heavy atom. The van der Waals surface area contributed by atoms with Gasteiger partial charge in [-0.25, -0.2) is 4.98 Å². The molecule has 2 aromatic carbocycles. The van der Waals surface area contributed by atoms with Crippen molar-refractivity contribution in [3.05, 3.63) is 69.3 Å². The molecule has 0 saturated carbocycles. The molecule has 7 heteroatoms. The summed E-state index contributed by atoms with van der Waals surface area (Å²) in [5, 5.41) is 6.16. The summed E-state index contributed by atoms with van der Waals surface area (Å²) in [5.74, 6) is 0.832. The number of carbonyl (C=O) groups excluding carboxylic acids is 1. The SMILES string of the molecule is CC.CCCC(CCC)c1ccc(Nc2ncc(C(=O)Nc3c(C)cccc3Br)c(OC)n2)cc1C. The zero-order chi connectivity index (χ0) is 26.7. The van der Waals surface area contributed by atoms with Crippen molar-refractivity contribution in [3.63, 3.8) is 0 Å². The lowest BCUT2D eigenvalue weighted by molar-refractivity contribution is 0.102. The van der Waals surface area contributed by atoms with Crippen molar-refractivity contribution in [1.29, 1.82) is 0 Å². The van der Waals surface area contributed by atoms with Gasteiger partial charge in [0, 0.05) is 16.4 Å². The van der Waals surface area contributed by atoms with E-state index in [1.165, 1.54) is 50.1 Å². The van der Waals surface area contributed by atoms with Gasteiger partial charge in [0.2, 0.25) is 11.8 Å². The molecule has 2 N–H and O–H groups in total. The third kappa shape index (κ3) is 7.53. The van der Waals surface area contributed by atoms with E-state index in [9.17, 15) is 4.79 Å². The van der Waals surface area contributed by atoms with E-state index in [-0.39, 0.29) is 17.4 Å². The van der Waals surface area contributed by atoms with Crippen LogP contribution in [0.2, 0.25) is 0 Å². The topological polar surface area (TPSA) is 76.1 Å². The molecule has 6 nitrogen and oxygen atoms in total. The van der Waals surface area contributed by atoms with Crippen LogP contribution in [-0.4, -0.2) is 23.0 Å². The first kappa shape index (κ1) is 29.3. The molecule has 1 heterocycles. The average molecular weight is 556 g/mol. The van der Waals surface area contributed by atoms with Gasteiger partial charge < -0.3 is 15.4 Å². The number of amides is 1. The van der Waals surface area contributed by atoms with Crippen molar-refractivity contribution in [1.82, 2.24) is 9.97 Å². The third-order valence-corrected chi connectivity index (χ3v) is 6.55. The molecular formula is C29H39BrN4O2. The van der Waals surface area contributed by atoms with Gasteiger partial charge in [-0.15, -0.1) is 0 Å². The predicted octanol–water partition coefficient (Wildman–Crippen LogP) is 8.57. The van der Waals surface area contributed by atoms with Gasteiger partial charge in [0.1, 0.15) is 5.56 Å². The van der Waals surface area contributed by atoms with Gasteiger partial charge in [-0.1, -0.05) is 58.7 Å². The maximum atomic E-state index is 12.9. The minimum atomic E-state index is -0.337. The van der Waals surface area contributed by atoms with E-state index >= 15 is 0 Å². The monoisotopic (exact) mass is 554 g/mol. The Bertz CT molecular complexity index is 1120. The molecule has 0 radical (unpaired) electrons. The van der Waals surface area contributed by atoms with Crippen LogP contribution in [0.15, 0.2) is 47.1 Å². The fraction of sp³-hybridized carbons (Fsp3) is 0.414. The number of nitrogens with zero attached hydrogens (tertiary/aromatic N) is 2. The van der Waals surface area contributed by atoms with Gasteiger partial charge in [-0.3, -0.25) is 4.79 Å². The van der Waals surface area contributed by atoms with Crippen molar-refractivity contribution >= 4 is 39.2 Å². The summed E-state index contributed by atoms with van der Waals surface area (Å²) in [4.78, 5) is 21.7. The number of ether oxygens (including phenoxy) is 1. The summed E-state index contributed by atoms with van der Waals surface area (Å²) in [6.45, 7) is 12.6. The first-order valence-electron chi connectivity index (χ1n) is 12.7. The fourth-order valence-corrected chi connectivity index (χ4v) is 4.77. The molecule has 0 fully saturated rings. The van der Waals surface area contributed by atoms with E-state index in [0.29, 0.717) is 17.6 Å². The molecule has 36 heavy (non-hydrogen) atoms. The summed E-state index contributed by atoms with van der Waals surface area (Å²) in [5.41, 5.74) is 5.47. The molecule has 0 unspecified atom stereocenters. The fourth-order valence-electron chi connectivity index (χ4n) is 4.20. The number of rotatable bonds is 10. The molecule has 194 valence electrons. The smallest absolute Gasteiger partial charge is 0.262 e. The molecule has 0 aliphatic rings. The molecule has 3 rings (SSSR count). The highest BCUT2D eigenvalue weighted by Gasteiger charge is 2.18. The van der Waals surface area contributed by atoms with Crippen LogP contribution < -0.4 is 15.4 Å². The summed E-state index contributed by atoms with van der Waals surface area (Å²) in [6, 6.07) is 12.1. The zero-order valence-electron chi connectivity index (χ0n) is 22.5. The Morgan fingerprint density at radius 3 is 2.33 bits per heavy atom. The van der Waals surface area contributed by atoms with Crippen LogP contribution in [0.3, 0.4) is 0 Å². The second-order valence-corrected chi connectivity index (χ2v) is 9.33. The van der Waals surface area contributed by atoms with Gasteiger partial charge in [-0.05, 0) is 83.4 Å². The molecule has 1 aromatic heterocycles. The Kier molecular flexibility index (Phi) is 11.9. The average Bonchev–Trinajstić information content (AvgIpc) is 2.87. The van der Waals surface area contributed by atoms with Crippen molar-refractivity contribution in [3.8, 4) is 5.88 Å². The lowest BCUT2D eigenvalue weighted by Gasteiger charge is -2.19. The van der Waals surface area contributed by atoms with E-state index < -0.39 is 0 Å². The highest BCUT2D eigenvalue weighted by atomic mass is 79.9. The second kappa shape index (κ2) is 14.6. The minimum Gasteiger partial charge on any atom is -0.480 e. The normalized spacial score (nSPS) is 10.5. The maximum Gasteiger partial charge on any atom is 0.262 e. The third-order valence-electron chi connectivity index (χ3n) is 5.89. The molecule has 1 amide bonds. The minimum absolute atomic E-state index is 0.207. The molecular weight excluding hydrogens is 516 g/mol. The number of hydrogen-bond donors (Lipinski definition) is 2. The summed E-state index contributed by atoms with van der Waals surface area (Å²) in [7, 11) is 1.49. The van der Waals surface area contributed by atoms with Gasteiger partial charge in [-0.2, -0.15) is 4.98 Å². The number of nitrogens with one attached hydrogen (secondary N) is 2. The van der Waals surface area contributed by atoms with E-state index in [2.05, 4.69) is 75.5 Å². The lowest BCUT2D eigenvalue weighted by Crippen LogP contribution is -2.16. The highest BCUT2D eigenvalue weighted by molar-refractivity contribution is 9.10. The molecule has 0 bridgehead atoms. The van der Waals surface area contributed by atoms with Gasteiger partial charge in [0.05, 0.1) is 12.8 Å². The van der Waals surface area contributed by atoms with Gasteiger partial charge >= 0.3 is 0 Å². The zero-order valence-corrected chi connectivity index (χ0v) is 24.1. The standard InChI is InChI=1S/C27H33BrN4O2.C2H6/c1-6-9-19(10-7-2)21-14-13-20(15-18(21)4)30-27-29-16-22(26(32-27)34-5)25(33)31-24-17(3)11-8-12-23(24)28;1-2/h8,11-16,19H,6-7,9-10H2,1-5H3,(H,31,33)(H,29,30,32);1-2H3. The molecule has 0 aliphatic carbocycles. The molecule has 3 aromatic rings. The number of carbonyl (C=O) groups is 1.